The van der Waals surface area contributed by atoms with E-state index in [1.54, 1.807) is 23.4 Å². The van der Waals surface area contributed by atoms with E-state index in [0.29, 0.717) is 5.88 Å². The second-order valence-corrected chi connectivity index (χ2v) is 2.05. The molecule has 0 saturated carbocycles. The molecule has 0 aromatic rings. The minimum Gasteiger partial charge on any atom is -0.406 e. The Labute approximate surface area is 57.7 Å². The molecule has 0 aliphatic carbocycles. The number of hydrazine groups is 1. The van der Waals surface area contributed by atoms with Crippen LogP contribution in [0.5, 0.6) is 0 Å². The van der Waals surface area contributed by atoms with Crippen molar-refractivity contribution in [1.82, 2.24) is 10.4 Å². The van der Waals surface area contributed by atoms with Crippen molar-refractivity contribution in [3.8, 4) is 0 Å². The molecule has 4 nitrogen and oxygen atoms in total. The van der Waals surface area contributed by atoms with Crippen LogP contribution in [-0.2, 0) is 9.53 Å². The molecule has 1 N–H and O–H groups in total. The van der Waals surface area contributed by atoms with E-state index in [0.717, 1.165) is 0 Å². The summed E-state index contributed by atoms with van der Waals surface area (Å²) in [7, 11) is 0. The van der Waals surface area contributed by atoms with Gasteiger partial charge in [0.05, 0.1) is 0 Å². The standard InChI is InChI=1S/C6H6N2O2/c9-6-4-8-5(10-6)2-1-3-7-8/h1-3,7H,4H2. The number of ether oxygens (including phenoxy) is 1. The van der Waals surface area contributed by atoms with Crippen LogP contribution < -0.4 is 5.43 Å². The first-order valence-electron chi connectivity index (χ1n) is 2.97. The lowest BCUT2D eigenvalue weighted by molar-refractivity contribution is -0.134. The molecule has 0 bridgehead atoms. The first kappa shape index (κ1) is 5.34. The van der Waals surface area contributed by atoms with Gasteiger partial charge in [-0.15, -0.1) is 0 Å². The predicted molar refractivity (Wildman–Crippen MR) is 33.2 cm³/mol. The molecule has 10 heavy (non-hydrogen) atoms. The highest BCUT2D eigenvalue weighted by Gasteiger charge is 2.25. The predicted octanol–water partition coefficient (Wildman–Crippen LogP) is -0.282. The van der Waals surface area contributed by atoms with Crippen LogP contribution in [0.1, 0.15) is 0 Å². The summed E-state index contributed by atoms with van der Waals surface area (Å²) in [6.07, 6.45) is 5.26. The van der Waals surface area contributed by atoms with Gasteiger partial charge >= 0.3 is 5.97 Å². The van der Waals surface area contributed by atoms with E-state index in [4.69, 9.17) is 4.74 Å². The Bertz CT molecular complexity index is 232. The molecule has 0 unspecified atom stereocenters. The molecule has 0 aromatic carbocycles. The molecule has 1 saturated heterocycles. The van der Waals surface area contributed by atoms with Gasteiger partial charge in [-0.1, -0.05) is 0 Å². The maximum Gasteiger partial charge on any atom is 0.334 e. The first-order valence-corrected chi connectivity index (χ1v) is 2.97. The van der Waals surface area contributed by atoms with Gasteiger partial charge < -0.3 is 10.2 Å². The molecule has 52 valence electrons. The Morgan fingerprint density at radius 3 is 3.40 bits per heavy atom. The second kappa shape index (κ2) is 1.76. The van der Waals surface area contributed by atoms with Gasteiger partial charge in [0.15, 0.2) is 0 Å². The fourth-order valence-electron chi connectivity index (χ4n) is 0.908. The molecule has 0 aromatic heterocycles. The maximum absolute atomic E-state index is 10.6. The van der Waals surface area contributed by atoms with Crippen LogP contribution in [0.2, 0.25) is 0 Å². The van der Waals surface area contributed by atoms with E-state index in [9.17, 15) is 4.79 Å². The van der Waals surface area contributed by atoms with E-state index in [1.165, 1.54) is 0 Å². The lowest BCUT2D eigenvalue weighted by Crippen LogP contribution is -2.32. The zero-order valence-electron chi connectivity index (χ0n) is 5.20. The van der Waals surface area contributed by atoms with Crippen LogP contribution in [0, 0.1) is 0 Å². The lowest BCUT2D eigenvalue weighted by atomic mass is 10.5. The molecular weight excluding hydrogens is 132 g/mol. The van der Waals surface area contributed by atoms with Gasteiger partial charge in [0, 0.05) is 12.3 Å². The summed E-state index contributed by atoms with van der Waals surface area (Å²) >= 11 is 0. The van der Waals surface area contributed by atoms with Gasteiger partial charge in [-0.05, 0) is 6.08 Å². The van der Waals surface area contributed by atoms with E-state index in [1.807, 2.05) is 0 Å². The van der Waals surface area contributed by atoms with Crippen molar-refractivity contribution in [2.75, 3.05) is 6.54 Å². The Balaban J connectivity index is 2.26. The number of fused-ring (bicyclic) bond motifs is 1. The molecular formula is C6H6N2O2. The number of hydrogen-bond donors (Lipinski definition) is 1. The molecule has 0 amide bonds. The maximum atomic E-state index is 10.6. The minimum absolute atomic E-state index is 0.220. The summed E-state index contributed by atoms with van der Waals surface area (Å²) in [6.45, 7) is 0.288. The number of hydrogen-bond acceptors (Lipinski definition) is 4. The van der Waals surface area contributed by atoms with Gasteiger partial charge in [0.25, 0.3) is 0 Å². The highest BCUT2D eigenvalue weighted by molar-refractivity contribution is 5.75. The molecule has 2 heterocycles. The number of allylic oxidation sites excluding steroid dienone is 2. The lowest BCUT2D eigenvalue weighted by Gasteiger charge is -2.17. The third kappa shape index (κ3) is 0.655. The fraction of sp³-hybridized carbons (Fsp3) is 0.167. The molecule has 1 fully saturated rings. The number of nitrogens with one attached hydrogen (secondary N) is 1. The van der Waals surface area contributed by atoms with Gasteiger partial charge in [-0.25, -0.2) is 9.80 Å². The number of rotatable bonds is 0. The monoisotopic (exact) mass is 138 g/mol. The van der Waals surface area contributed by atoms with Crippen molar-refractivity contribution in [3.05, 3.63) is 24.2 Å². The molecule has 0 spiro atoms. The Morgan fingerprint density at radius 1 is 1.70 bits per heavy atom. The van der Waals surface area contributed by atoms with E-state index in [2.05, 4.69) is 5.43 Å². The zero-order chi connectivity index (χ0) is 6.97. The van der Waals surface area contributed by atoms with Crippen LogP contribution in [0.15, 0.2) is 24.2 Å². The van der Waals surface area contributed by atoms with Gasteiger partial charge in [0.2, 0.25) is 5.88 Å². The van der Waals surface area contributed by atoms with E-state index < -0.39 is 0 Å². The largest absolute Gasteiger partial charge is 0.406 e. The summed E-state index contributed by atoms with van der Waals surface area (Å²) in [5.41, 5.74) is 2.85. The van der Waals surface area contributed by atoms with Crippen molar-refractivity contribution in [3.63, 3.8) is 0 Å². The second-order valence-electron chi connectivity index (χ2n) is 2.05. The van der Waals surface area contributed by atoms with Crippen molar-refractivity contribution in [1.29, 1.82) is 0 Å². The highest BCUT2D eigenvalue weighted by Crippen LogP contribution is 2.14. The van der Waals surface area contributed by atoms with Crippen molar-refractivity contribution < 1.29 is 9.53 Å². The summed E-state index contributed by atoms with van der Waals surface area (Å²) < 4.78 is 4.80. The highest BCUT2D eigenvalue weighted by atomic mass is 16.6. The first-order chi connectivity index (χ1) is 4.86. The van der Waals surface area contributed by atoms with Crippen LogP contribution in [0.3, 0.4) is 0 Å². The van der Waals surface area contributed by atoms with Crippen molar-refractivity contribution in [2.24, 2.45) is 0 Å². The quantitative estimate of drug-likeness (QED) is 0.467. The smallest absolute Gasteiger partial charge is 0.334 e. The third-order valence-corrected chi connectivity index (χ3v) is 1.34. The summed E-state index contributed by atoms with van der Waals surface area (Å²) in [6, 6.07) is 0. The molecule has 2 rings (SSSR count). The minimum atomic E-state index is -0.220. The topological polar surface area (TPSA) is 41.6 Å². The third-order valence-electron chi connectivity index (χ3n) is 1.34. The fourth-order valence-corrected chi connectivity index (χ4v) is 0.908. The molecule has 2 aliphatic rings. The number of nitrogens with zero attached hydrogens (tertiary/aromatic N) is 1. The SMILES string of the molecule is O=C1CN2NC=CC=C2O1. The summed E-state index contributed by atoms with van der Waals surface area (Å²) in [4.78, 5) is 10.6. The van der Waals surface area contributed by atoms with Gasteiger partial charge in [-0.3, -0.25) is 0 Å². The number of carbonyl (C=O) groups excluding carboxylic acids is 1. The Kier molecular flexibility index (Phi) is 0.943. The van der Waals surface area contributed by atoms with Crippen LogP contribution in [0.25, 0.3) is 0 Å². The molecule has 2 aliphatic heterocycles. The Hall–Kier alpha value is -1.45. The van der Waals surface area contributed by atoms with Crippen LogP contribution in [0.4, 0.5) is 0 Å². The van der Waals surface area contributed by atoms with E-state index >= 15 is 0 Å². The number of esters is 1. The van der Waals surface area contributed by atoms with Crippen molar-refractivity contribution >= 4 is 5.97 Å². The van der Waals surface area contributed by atoms with E-state index in [-0.39, 0.29) is 12.5 Å². The van der Waals surface area contributed by atoms with Crippen LogP contribution >= 0.6 is 0 Å². The van der Waals surface area contributed by atoms with Gasteiger partial charge in [-0.2, -0.15) is 0 Å². The number of carbonyl (C=O) groups is 1. The van der Waals surface area contributed by atoms with Crippen molar-refractivity contribution in [2.45, 2.75) is 0 Å². The summed E-state index contributed by atoms with van der Waals surface area (Å²) in [5.74, 6) is 0.356. The normalized spacial score (nSPS) is 21.4. The van der Waals surface area contributed by atoms with Crippen LogP contribution in [-0.4, -0.2) is 17.5 Å². The summed E-state index contributed by atoms with van der Waals surface area (Å²) in [5, 5.41) is 1.64. The Morgan fingerprint density at radius 2 is 2.60 bits per heavy atom. The molecule has 4 heteroatoms. The van der Waals surface area contributed by atoms with Gasteiger partial charge in [0.1, 0.15) is 6.54 Å². The zero-order valence-corrected chi connectivity index (χ0v) is 5.20. The molecule has 0 atom stereocenters. The average Bonchev–Trinajstić information content (AvgIpc) is 2.27. The average molecular weight is 138 g/mol. The molecule has 0 radical (unpaired) electrons.